The Hall–Kier alpha value is -1.86. The molecule has 1 aromatic heterocycles. The molecule has 112 valence electrons. The summed E-state index contributed by atoms with van der Waals surface area (Å²) in [6.45, 7) is 4.46. The van der Waals surface area contributed by atoms with Crippen molar-refractivity contribution in [3.8, 4) is 11.8 Å². The van der Waals surface area contributed by atoms with Gasteiger partial charge in [0, 0.05) is 30.4 Å². The van der Waals surface area contributed by atoms with Crippen molar-refractivity contribution in [1.82, 2.24) is 10.3 Å². The first-order valence-electron chi connectivity index (χ1n) is 7.47. The fourth-order valence-electron chi connectivity index (χ4n) is 2.67. The lowest BCUT2D eigenvalue weighted by Gasteiger charge is -2.19. The van der Waals surface area contributed by atoms with Crippen molar-refractivity contribution < 1.29 is 9.90 Å². The molecule has 1 fully saturated rings. The van der Waals surface area contributed by atoms with Gasteiger partial charge in [-0.3, -0.25) is 9.78 Å². The highest BCUT2D eigenvalue weighted by atomic mass is 16.2. The normalized spacial score (nSPS) is 24.2. The number of carbonyl (C=O) groups is 1. The Morgan fingerprint density at radius 1 is 1.43 bits per heavy atom. The van der Waals surface area contributed by atoms with Crippen LogP contribution in [0.3, 0.4) is 0 Å². The molecule has 0 spiro atoms. The summed E-state index contributed by atoms with van der Waals surface area (Å²) in [5, 5.41) is 11.8. The van der Waals surface area contributed by atoms with Gasteiger partial charge in [0.1, 0.15) is 0 Å². The van der Waals surface area contributed by atoms with Gasteiger partial charge in [-0.1, -0.05) is 25.7 Å². The van der Waals surface area contributed by atoms with Crippen LogP contribution in [0.5, 0.6) is 0 Å². The molecule has 1 aliphatic rings. The lowest BCUT2D eigenvalue weighted by atomic mass is 9.97. The summed E-state index contributed by atoms with van der Waals surface area (Å²) in [5.41, 5.74) is 1.24. The van der Waals surface area contributed by atoms with E-state index < -0.39 is 0 Å². The maximum atomic E-state index is 12.3. The molecule has 1 heterocycles. The van der Waals surface area contributed by atoms with Crippen LogP contribution in [0.2, 0.25) is 0 Å². The molecule has 3 unspecified atom stereocenters. The second-order valence-electron chi connectivity index (χ2n) is 5.73. The number of rotatable bonds is 3. The largest absolute Gasteiger partial charge is 0.395 e. The third-order valence-electron chi connectivity index (χ3n) is 4.25. The molecular weight excluding hydrogens is 264 g/mol. The van der Waals surface area contributed by atoms with Crippen LogP contribution >= 0.6 is 0 Å². The molecule has 0 aromatic carbocycles. The zero-order valence-electron chi connectivity index (χ0n) is 12.6. The highest BCUT2D eigenvalue weighted by Crippen LogP contribution is 2.31. The van der Waals surface area contributed by atoms with E-state index in [2.05, 4.69) is 36.0 Å². The average Bonchev–Trinajstić information content (AvgIpc) is 2.80. The van der Waals surface area contributed by atoms with Crippen molar-refractivity contribution in [2.45, 2.75) is 39.2 Å². The summed E-state index contributed by atoms with van der Waals surface area (Å²) >= 11 is 0. The molecule has 1 amide bonds. The fourth-order valence-corrected chi connectivity index (χ4v) is 2.67. The first-order valence-corrected chi connectivity index (χ1v) is 7.47. The number of aromatic nitrogens is 1. The maximum absolute atomic E-state index is 12.3. The Morgan fingerprint density at radius 3 is 2.90 bits per heavy atom. The van der Waals surface area contributed by atoms with Gasteiger partial charge in [-0.25, -0.2) is 0 Å². The zero-order chi connectivity index (χ0) is 15.2. The van der Waals surface area contributed by atoms with Crippen LogP contribution in [0.4, 0.5) is 0 Å². The highest BCUT2D eigenvalue weighted by Gasteiger charge is 2.30. The van der Waals surface area contributed by atoms with E-state index in [1.165, 1.54) is 0 Å². The smallest absolute Gasteiger partial charge is 0.253 e. The van der Waals surface area contributed by atoms with Crippen LogP contribution in [0.1, 0.15) is 49.0 Å². The Kier molecular flexibility index (Phi) is 5.35. The number of carbonyl (C=O) groups excluding carboxylic acids is 1. The number of aliphatic hydroxyl groups is 1. The Labute approximate surface area is 126 Å². The Morgan fingerprint density at radius 2 is 2.24 bits per heavy atom. The fraction of sp³-hybridized carbons (Fsp3) is 0.529. The topological polar surface area (TPSA) is 62.2 Å². The van der Waals surface area contributed by atoms with E-state index in [4.69, 9.17) is 5.11 Å². The number of hydrogen-bond acceptors (Lipinski definition) is 3. The number of nitrogens with one attached hydrogen (secondary N) is 1. The van der Waals surface area contributed by atoms with Crippen molar-refractivity contribution in [1.29, 1.82) is 0 Å². The molecule has 21 heavy (non-hydrogen) atoms. The molecule has 2 N–H and O–H groups in total. The monoisotopic (exact) mass is 286 g/mol. The van der Waals surface area contributed by atoms with Gasteiger partial charge in [0.2, 0.25) is 0 Å². The van der Waals surface area contributed by atoms with Crippen molar-refractivity contribution >= 4 is 5.91 Å². The van der Waals surface area contributed by atoms with Crippen molar-refractivity contribution in [2.75, 3.05) is 6.61 Å². The molecule has 4 nitrogen and oxygen atoms in total. The van der Waals surface area contributed by atoms with Crippen LogP contribution in [-0.4, -0.2) is 28.6 Å². The molecule has 1 saturated carbocycles. The van der Waals surface area contributed by atoms with Crippen LogP contribution in [0.25, 0.3) is 0 Å². The van der Waals surface area contributed by atoms with Gasteiger partial charge in [-0.05, 0) is 30.7 Å². The summed E-state index contributed by atoms with van der Waals surface area (Å²) in [6, 6.07) is 1.99. The number of pyridine rings is 1. The number of amides is 1. The Bertz CT molecular complexity index is 559. The molecule has 4 heteroatoms. The molecule has 0 saturated heterocycles. The van der Waals surface area contributed by atoms with Gasteiger partial charge in [0.15, 0.2) is 0 Å². The van der Waals surface area contributed by atoms with Crippen molar-refractivity contribution in [2.24, 2.45) is 11.8 Å². The van der Waals surface area contributed by atoms with E-state index in [1.807, 2.05) is 0 Å². The van der Waals surface area contributed by atoms with Gasteiger partial charge >= 0.3 is 0 Å². The quantitative estimate of drug-likeness (QED) is 0.835. The van der Waals surface area contributed by atoms with E-state index in [0.717, 1.165) is 12.8 Å². The van der Waals surface area contributed by atoms with E-state index in [1.54, 1.807) is 18.5 Å². The van der Waals surface area contributed by atoms with Crippen molar-refractivity contribution in [3.63, 3.8) is 0 Å². The summed E-state index contributed by atoms with van der Waals surface area (Å²) in [4.78, 5) is 16.4. The minimum atomic E-state index is -0.0840. The summed E-state index contributed by atoms with van der Waals surface area (Å²) in [5.74, 6) is 6.81. The standard InChI is InChI=1S/C17H22N2O2/c1-12-6-7-16(13(12)2)19-17(21)15-9-14(10-18-11-15)5-3-4-8-20/h9-13,16,20H,4,6-8H2,1-2H3,(H,19,21). The zero-order valence-corrected chi connectivity index (χ0v) is 12.6. The Balaban J connectivity index is 2.03. The summed E-state index contributed by atoms with van der Waals surface area (Å²) in [7, 11) is 0. The number of aliphatic hydroxyl groups excluding tert-OH is 1. The predicted molar refractivity (Wildman–Crippen MR) is 81.6 cm³/mol. The molecule has 0 bridgehead atoms. The molecule has 2 rings (SSSR count). The minimum absolute atomic E-state index is 0.0400. The minimum Gasteiger partial charge on any atom is -0.395 e. The number of hydrogen-bond donors (Lipinski definition) is 2. The SMILES string of the molecule is CC1CCC(NC(=O)c2cncc(C#CCCO)c2)C1C. The highest BCUT2D eigenvalue weighted by molar-refractivity contribution is 5.94. The molecule has 1 aromatic rings. The van der Waals surface area contributed by atoms with Gasteiger partial charge in [0.25, 0.3) is 5.91 Å². The lowest BCUT2D eigenvalue weighted by molar-refractivity contribution is 0.0927. The van der Waals surface area contributed by atoms with Gasteiger partial charge < -0.3 is 10.4 Å². The third-order valence-corrected chi connectivity index (χ3v) is 4.25. The van der Waals surface area contributed by atoms with E-state index in [-0.39, 0.29) is 18.6 Å². The van der Waals surface area contributed by atoms with Crippen LogP contribution in [-0.2, 0) is 0 Å². The molecule has 3 atom stereocenters. The lowest BCUT2D eigenvalue weighted by Crippen LogP contribution is -2.37. The average molecular weight is 286 g/mol. The predicted octanol–water partition coefficient (Wildman–Crippen LogP) is 1.98. The van der Waals surface area contributed by atoms with E-state index in [9.17, 15) is 4.79 Å². The van der Waals surface area contributed by atoms with Crippen LogP contribution < -0.4 is 5.32 Å². The van der Waals surface area contributed by atoms with Gasteiger partial charge in [0.05, 0.1) is 12.2 Å². The van der Waals surface area contributed by atoms with Crippen molar-refractivity contribution in [3.05, 3.63) is 29.6 Å². The van der Waals surface area contributed by atoms with Gasteiger partial charge in [-0.15, -0.1) is 0 Å². The van der Waals surface area contributed by atoms with E-state index >= 15 is 0 Å². The van der Waals surface area contributed by atoms with E-state index in [0.29, 0.717) is 29.4 Å². The van der Waals surface area contributed by atoms with Crippen LogP contribution in [0, 0.1) is 23.7 Å². The second-order valence-corrected chi connectivity index (χ2v) is 5.73. The maximum Gasteiger partial charge on any atom is 0.253 e. The number of nitrogens with zero attached hydrogens (tertiary/aromatic N) is 1. The third kappa shape index (κ3) is 4.05. The molecule has 0 radical (unpaired) electrons. The summed E-state index contributed by atoms with van der Waals surface area (Å²) < 4.78 is 0. The molecule has 0 aliphatic heterocycles. The molecular formula is C17H22N2O2. The first-order chi connectivity index (χ1) is 10.1. The first kappa shape index (κ1) is 15.5. The van der Waals surface area contributed by atoms with Crippen LogP contribution in [0.15, 0.2) is 18.5 Å². The van der Waals surface area contributed by atoms with Gasteiger partial charge in [-0.2, -0.15) is 0 Å². The summed E-state index contributed by atoms with van der Waals surface area (Å²) in [6.07, 6.45) is 5.82. The molecule has 1 aliphatic carbocycles. The second kappa shape index (κ2) is 7.24.